The third kappa shape index (κ3) is 3.17. The van der Waals surface area contributed by atoms with Gasteiger partial charge in [-0.05, 0) is 36.8 Å². The van der Waals surface area contributed by atoms with Crippen molar-refractivity contribution in [3.05, 3.63) is 59.3 Å². The summed E-state index contributed by atoms with van der Waals surface area (Å²) >= 11 is 0. The fourth-order valence-corrected chi connectivity index (χ4v) is 3.49. The Bertz CT molecular complexity index is 1060. The number of fused-ring (bicyclic) bond motifs is 1. The van der Waals surface area contributed by atoms with Crippen LogP contribution in [0.4, 0.5) is 10.2 Å². The van der Waals surface area contributed by atoms with Crippen molar-refractivity contribution >= 4 is 28.2 Å². The maximum absolute atomic E-state index is 14.3. The molecule has 0 bridgehead atoms. The van der Waals surface area contributed by atoms with Crippen LogP contribution in [0.3, 0.4) is 0 Å². The quantitative estimate of drug-likeness (QED) is 0.707. The number of halogens is 1. The van der Waals surface area contributed by atoms with Crippen LogP contribution in [0.15, 0.2) is 53.6 Å². The highest BCUT2D eigenvalue weighted by Crippen LogP contribution is 2.30. The summed E-state index contributed by atoms with van der Waals surface area (Å²) in [5.41, 5.74) is 13.9. The molecular formula is C20H22FN6O+. The molecule has 1 aliphatic heterocycles. The van der Waals surface area contributed by atoms with E-state index in [0.29, 0.717) is 22.3 Å². The summed E-state index contributed by atoms with van der Waals surface area (Å²) < 4.78 is 14.3. The average Bonchev–Trinajstić information content (AvgIpc) is 3.14. The van der Waals surface area contributed by atoms with Gasteiger partial charge in [0.1, 0.15) is 12.0 Å². The zero-order valence-electron chi connectivity index (χ0n) is 15.5. The number of pyridine rings is 2. The second kappa shape index (κ2) is 7.14. The Morgan fingerprint density at radius 3 is 2.71 bits per heavy atom. The lowest BCUT2D eigenvalue weighted by Crippen LogP contribution is -2.73. The summed E-state index contributed by atoms with van der Waals surface area (Å²) in [6, 6.07) is 7.39. The van der Waals surface area contributed by atoms with Crippen molar-refractivity contribution in [3.8, 4) is 0 Å². The summed E-state index contributed by atoms with van der Waals surface area (Å²) in [4.78, 5) is 23.7. The SMILES string of the molecule is C[NH2+]/C=C1/C=C(c2ccc3nc(N4CC[C@H](N)C4)ccc3n2)C(=O)C(F)=C1N. The monoisotopic (exact) mass is 381 g/mol. The van der Waals surface area contributed by atoms with Crippen LogP contribution in [0.5, 0.6) is 0 Å². The van der Waals surface area contributed by atoms with Crippen molar-refractivity contribution < 1.29 is 14.5 Å². The molecule has 1 fully saturated rings. The molecule has 0 amide bonds. The van der Waals surface area contributed by atoms with Crippen molar-refractivity contribution in [3.63, 3.8) is 0 Å². The molecule has 144 valence electrons. The number of nitrogens with zero attached hydrogens (tertiary/aromatic N) is 3. The van der Waals surface area contributed by atoms with Gasteiger partial charge in [0.25, 0.3) is 0 Å². The number of hydrogen-bond donors (Lipinski definition) is 3. The van der Waals surface area contributed by atoms with E-state index in [1.165, 1.54) is 0 Å². The number of ketones is 1. The van der Waals surface area contributed by atoms with Gasteiger partial charge in [0, 0.05) is 19.1 Å². The summed E-state index contributed by atoms with van der Waals surface area (Å²) in [7, 11) is 1.80. The molecule has 3 heterocycles. The lowest BCUT2D eigenvalue weighted by molar-refractivity contribution is -0.557. The maximum Gasteiger partial charge on any atom is 0.225 e. The van der Waals surface area contributed by atoms with E-state index in [1.54, 1.807) is 36.8 Å². The minimum absolute atomic E-state index is 0.150. The van der Waals surface area contributed by atoms with Crippen molar-refractivity contribution in [1.82, 2.24) is 9.97 Å². The Balaban J connectivity index is 1.71. The van der Waals surface area contributed by atoms with E-state index in [-0.39, 0.29) is 17.3 Å². The van der Waals surface area contributed by atoms with Gasteiger partial charge >= 0.3 is 0 Å². The molecule has 7 nitrogen and oxygen atoms in total. The molecule has 0 radical (unpaired) electrons. The number of allylic oxidation sites excluding steroid dienone is 3. The van der Waals surface area contributed by atoms with Gasteiger partial charge < -0.3 is 21.7 Å². The third-order valence-corrected chi connectivity index (χ3v) is 4.99. The maximum atomic E-state index is 14.3. The van der Waals surface area contributed by atoms with Crippen LogP contribution >= 0.6 is 0 Å². The number of carbonyl (C=O) groups excluding carboxylic acids is 1. The van der Waals surface area contributed by atoms with E-state index < -0.39 is 11.6 Å². The van der Waals surface area contributed by atoms with Crippen LogP contribution in [0.25, 0.3) is 16.6 Å². The van der Waals surface area contributed by atoms with Crippen molar-refractivity contribution in [2.75, 3.05) is 25.0 Å². The lowest BCUT2D eigenvalue weighted by Gasteiger charge is -2.17. The molecule has 1 aliphatic carbocycles. The zero-order chi connectivity index (χ0) is 19.8. The molecule has 1 saturated heterocycles. The first-order chi connectivity index (χ1) is 13.5. The Morgan fingerprint density at radius 1 is 1.25 bits per heavy atom. The number of hydrogen-bond acceptors (Lipinski definition) is 6. The first-order valence-electron chi connectivity index (χ1n) is 9.18. The third-order valence-electron chi connectivity index (χ3n) is 4.99. The molecule has 8 heteroatoms. The Labute approximate surface area is 161 Å². The highest BCUT2D eigenvalue weighted by atomic mass is 19.1. The highest BCUT2D eigenvalue weighted by Gasteiger charge is 2.28. The fourth-order valence-electron chi connectivity index (χ4n) is 3.49. The van der Waals surface area contributed by atoms with E-state index >= 15 is 0 Å². The molecule has 6 N–H and O–H groups in total. The molecule has 0 aromatic carbocycles. The first kappa shape index (κ1) is 18.3. The predicted octanol–water partition coefficient (Wildman–Crippen LogP) is 0.350. The molecule has 2 aromatic rings. The number of rotatable bonds is 3. The lowest BCUT2D eigenvalue weighted by atomic mass is 9.95. The summed E-state index contributed by atoms with van der Waals surface area (Å²) in [6.07, 6.45) is 4.18. The van der Waals surface area contributed by atoms with Gasteiger partial charge in [-0.3, -0.25) is 4.79 Å². The smallest absolute Gasteiger partial charge is 0.225 e. The molecule has 1 atom stereocenters. The van der Waals surface area contributed by atoms with E-state index in [0.717, 1.165) is 25.3 Å². The van der Waals surface area contributed by atoms with Gasteiger partial charge in [0.05, 0.1) is 40.6 Å². The van der Waals surface area contributed by atoms with Gasteiger partial charge in [0.2, 0.25) is 5.78 Å². The molecule has 2 aliphatic rings. The first-order valence-corrected chi connectivity index (χ1v) is 9.18. The van der Waals surface area contributed by atoms with Gasteiger partial charge in [-0.1, -0.05) is 0 Å². The van der Waals surface area contributed by atoms with Crippen molar-refractivity contribution in [2.24, 2.45) is 11.5 Å². The molecule has 2 aromatic heterocycles. The Hall–Kier alpha value is -3.10. The molecule has 0 unspecified atom stereocenters. The largest absolute Gasteiger partial charge is 0.396 e. The molecule has 4 rings (SSSR count). The van der Waals surface area contributed by atoms with E-state index in [4.69, 9.17) is 11.5 Å². The van der Waals surface area contributed by atoms with E-state index in [9.17, 15) is 9.18 Å². The number of carbonyl (C=O) groups is 1. The topological polar surface area (TPSA) is 115 Å². The Morgan fingerprint density at radius 2 is 2.00 bits per heavy atom. The number of anilines is 1. The highest BCUT2D eigenvalue weighted by molar-refractivity contribution is 6.29. The minimum atomic E-state index is -0.952. The standard InChI is InChI=1S/C20H21FN6O/c1-24-9-11-8-13(20(28)18(21)19(11)23)14-2-3-16-15(25-14)4-5-17(26-16)27-7-6-12(22)10-27/h2-5,8-9,12,24H,6-7,10,22-23H2,1H3/p+1/b11-9-/t12-/m0/s1. The van der Waals surface area contributed by atoms with E-state index in [2.05, 4.69) is 14.9 Å². The predicted molar refractivity (Wildman–Crippen MR) is 106 cm³/mol. The van der Waals surface area contributed by atoms with Crippen LogP contribution in [0, 0.1) is 0 Å². The second-order valence-corrected chi connectivity index (χ2v) is 6.97. The molecule has 0 spiro atoms. The van der Waals surface area contributed by atoms with Gasteiger partial charge in [0.15, 0.2) is 5.83 Å². The van der Waals surface area contributed by atoms with Crippen LogP contribution in [-0.2, 0) is 4.79 Å². The normalized spacial score (nSPS) is 21.8. The fraction of sp³-hybridized carbons (Fsp3) is 0.250. The van der Waals surface area contributed by atoms with Crippen LogP contribution < -0.4 is 21.7 Å². The number of aromatic nitrogens is 2. The van der Waals surface area contributed by atoms with Crippen LogP contribution in [0.2, 0.25) is 0 Å². The van der Waals surface area contributed by atoms with Crippen LogP contribution in [-0.4, -0.2) is 41.9 Å². The summed E-state index contributed by atoms with van der Waals surface area (Å²) in [5.74, 6) is -0.854. The number of quaternary nitrogens is 1. The second-order valence-electron chi connectivity index (χ2n) is 6.97. The zero-order valence-corrected chi connectivity index (χ0v) is 15.5. The van der Waals surface area contributed by atoms with Crippen LogP contribution in [0.1, 0.15) is 12.1 Å². The molecule has 28 heavy (non-hydrogen) atoms. The summed E-state index contributed by atoms with van der Waals surface area (Å²) in [5, 5.41) is 1.74. The number of Topliss-reactive ketones (excluding diaryl/α,β-unsaturated/α-hetero) is 1. The van der Waals surface area contributed by atoms with Crippen molar-refractivity contribution in [1.29, 1.82) is 0 Å². The van der Waals surface area contributed by atoms with Gasteiger partial charge in [-0.15, -0.1) is 0 Å². The van der Waals surface area contributed by atoms with Crippen molar-refractivity contribution in [2.45, 2.75) is 12.5 Å². The van der Waals surface area contributed by atoms with Gasteiger partial charge in [-0.25, -0.2) is 14.4 Å². The number of nitrogens with two attached hydrogens (primary N) is 3. The summed E-state index contributed by atoms with van der Waals surface area (Å²) in [6.45, 7) is 1.66. The van der Waals surface area contributed by atoms with Gasteiger partial charge in [-0.2, -0.15) is 0 Å². The average molecular weight is 381 g/mol. The molecular weight excluding hydrogens is 359 g/mol. The minimum Gasteiger partial charge on any atom is -0.396 e. The van der Waals surface area contributed by atoms with E-state index in [1.807, 2.05) is 12.1 Å². The Kier molecular flexibility index (Phi) is 4.66. The molecule has 0 saturated carbocycles.